The Kier molecular flexibility index (Phi) is 3.58. The lowest BCUT2D eigenvalue weighted by atomic mass is 10.1. The van der Waals surface area contributed by atoms with E-state index in [1.54, 1.807) is 18.2 Å². The molecule has 21 heavy (non-hydrogen) atoms. The summed E-state index contributed by atoms with van der Waals surface area (Å²) in [5.74, 6) is 0.126. The van der Waals surface area contributed by atoms with Gasteiger partial charge in [-0.1, -0.05) is 46.3 Å². The molecule has 0 saturated carbocycles. The van der Waals surface area contributed by atoms with Gasteiger partial charge < -0.3 is 5.11 Å². The van der Waals surface area contributed by atoms with Crippen LogP contribution in [-0.4, -0.2) is 16.5 Å². The van der Waals surface area contributed by atoms with E-state index in [0.717, 1.165) is 15.3 Å². The molecular formula is C16H12BrN3O. The Morgan fingerprint density at radius 2 is 1.90 bits per heavy atom. The van der Waals surface area contributed by atoms with Crippen molar-refractivity contribution in [3.8, 4) is 5.75 Å². The van der Waals surface area contributed by atoms with E-state index in [9.17, 15) is 5.11 Å². The van der Waals surface area contributed by atoms with Gasteiger partial charge in [-0.05, 0) is 29.7 Å². The summed E-state index contributed by atoms with van der Waals surface area (Å²) in [6, 6.07) is 11.2. The Balaban J connectivity index is 1.98. The van der Waals surface area contributed by atoms with Gasteiger partial charge in [0.25, 0.3) is 0 Å². The molecule has 2 aromatic rings. The van der Waals surface area contributed by atoms with Crippen LogP contribution < -0.4 is 5.43 Å². The van der Waals surface area contributed by atoms with Crippen molar-refractivity contribution in [3.05, 3.63) is 59.1 Å². The third-order valence-corrected chi connectivity index (χ3v) is 3.65. The molecule has 0 spiro atoms. The molecule has 2 aromatic carbocycles. The molecule has 0 bridgehead atoms. The molecule has 0 heterocycles. The normalized spacial score (nSPS) is 16.3. The van der Waals surface area contributed by atoms with Crippen LogP contribution in [-0.2, 0) is 0 Å². The zero-order valence-corrected chi connectivity index (χ0v) is 12.6. The summed E-state index contributed by atoms with van der Waals surface area (Å²) in [6.45, 7) is 0. The zero-order chi connectivity index (χ0) is 14.8. The minimum absolute atomic E-state index is 0.126. The first kappa shape index (κ1) is 13.6. The third-order valence-electron chi connectivity index (χ3n) is 3.15. The van der Waals surface area contributed by atoms with Crippen LogP contribution in [0.1, 0.15) is 0 Å². The number of benzene rings is 2. The smallest absolute Gasteiger partial charge is 0.141 e. The molecule has 0 atom stereocenters. The summed E-state index contributed by atoms with van der Waals surface area (Å²) in [5.41, 5.74) is 4.22. The summed E-state index contributed by atoms with van der Waals surface area (Å²) >= 11 is 3.31. The van der Waals surface area contributed by atoms with Crippen LogP contribution >= 0.6 is 15.9 Å². The van der Waals surface area contributed by atoms with Crippen LogP contribution in [0.5, 0.6) is 5.75 Å². The van der Waals surface area contributed by atoms with Gasteiger partial charge in [0.15, 0.2) is 0 Å². The van der Waals surface area contributed by atoms with Crippen molar-refractivity contribution in [2.24, 2.45) is 5.10 Å². The van der Waals surface area contributed by atoms with Crippen molar-refractivity contribution in [1.82, 2.24) is 0 Å². The van der Waals surface area contributed by atoms with Gasteiger partial charge in [-0.15, -0.1) is 0 Å². The largest absolute Gasteiger partial charge is 0.506 e. The molecule has 1 aliphatic carbocycles. The number of fused-ring (bicyclic) bond motifs is 1. The zero-order valence-electron chi connectivity index (χ0n) is 11.0. The number of nitrogens with zero attached hydrogens (tertiary/aromatic N) is 1. The number of hydrazone groups is 1. The lowest BCUT2D eigenvalue weighted by molar-refractivity contribution is 0.478. The Labute approximate surface area is 130 Å². The standard InChI is InChI=1S/C16H12BrN3O/c17-11-6-7-14(13(18)9-11)19-20-16-12-4-2-1-3-10(12)5-8-15(16)21/h1-9,18,20-21H/b18-13?,19-14-. The highest BCUT2D eigenvalue weighted by Gasteiger charge is 2.09. The van der Waals surface area contributed by atoms with Crippen LogP contribution in [0, 0.1) is 5.41 Å². The number of nitrogens with one attached hydrogen (secondary N) is 2. The van der Waals surface area contributed by atoms with Crippen LogP contribution in [0.2, 0.25) is 0 Å². The number of anilines is 1. The van der Waals surface area contributed by atoms with Crippen molar-refractivity contribution in [2.75, 3.05) is 5.43 Å². The summed E-state index contributed by atoms with van der Waals surface area (Å²) < 4.78 is 0.833. The molecule has 1 aliphatic rings. The number of allylic oxidation sites excluding steroid dienone is 4. The number of hydrogen-bond acceptors (Lipinski definition) is 4. The van der Waals surface area contributed by atoms with E-state index in [0.29, 0.717) is 17.1 Å². The van der Waals surface area contributed by atoms with Crippen LogP contribution in [0.3, 0.4) is 0 Å². The van der Waals surface area contributed by atoms with E-state index < -0.39 is 0 Å². The highest BCUT2D eigenvalue weighted by Crippen LogP contribution is 2.32. The van der Waals surface area contributed by atoms with E-state index in [4.69, 9.17) is 5.41 Å². The fourth-order valence-corrected chi connectivity index (χ4v) is 2.46. The number of phenolic OH excluding ortho intramolecular Hbond substituents is 1. The lowest BCUT2D eigenvalue weighted by Gasteiger charge is -2.10. The fourth-order valence-electron chi connectivity index (χ4n) is 2.10. The van der Waals surface area contributed by atoms with Crippen molar-refractivity contribution in [1.29, 1.82) is 5.41 Å². The van der Waals surface area contributed by atoms with Gasteiger partial charge in [-0.2, -0.15) is 5.10 Å². The highest BCUT2D eigenvalue weighted by molar-refractivity contribution is 9.11. The number of halogens is 1. The van der Waals surface area contributed by atoms with E-state index in [-0.39, 0.29) is 5.75 Å². The molecular weight excluding hydrogens is 330 g/mol. The summed E-state index contributed by atoms with van der Waals surface area (Å²) in [7, 11) is 0. The van der Waals surface area contributed by atoms with Crippen LogP contribution in [0.15, 0.2) is 64.2 Å². The van der Waals surface area contributed by atoms with E-state index in [2.05, 4.69) is 26.5 Å². The van der Waals surface area contributed by atoms with Crippen molar-refractivity contribution in [3.63, 3.8) is 0 Å². The van der Waals surface area contributed by atoms with Gasteiger partial charge >= 0.3 is 0 Å². The molecule has 5 heteroatoms. The quantitative estimate of drug-likeness (QED) is 0.435. The molecule has 0 radical (unpaired) electrons. The molecule has 104 valence electrons. The molecule has 0 aromatic heterocycles. The Morgan fingerprint density at radius 3 is 2.71 bits per heavy atom. The summed E-state index contributed by atoms with van der Waals surface area (Å²) in [4.78, 5) is 0. The van der Waals surface area contributed by atoms with Crippen molar-refractivity contribution in [2.45, 2.75) is 0 Å². The maximum absolute atomic E-state index is 10.0. The number of phenols is 1. The van der Waals surface area contributed by atoms with Crippen LogP contribution in [0.4, 0.5) is 5.69 Å². The number of aromatic hydroxyl groups is 1. The van der Waals surface area contributed by atoms with Crippen LogP contribution in [0.25, 0.3) is 10.8 Å². The second-order valence-corrected chi connectivity index (χ2v) is 5.48. The molecule has 0 saturated heterocycles. The maximum atomic E-state index is 10.0. The first-order valence-corrected chi connectivity index (χ1v) is 7.13. The summed E-state index contributed by atoms with van der Waals surface area (Å²) in [5, 5.41) is 24.0. The van der Waals surface area contributed by atoms with Gasteiger partial charge in [-0.3, -0.25) is 10.8 Å². The third kappa shape index (κ3) is 2.73. The van der Waals surface area contributed by atoms with Gasteiger partial charge in [-0.25, -0.2) is 0 Å². The van der Waals surface area contributed by atoms with E-state index >= 15 is 0 Å². The van der Waals surface area contributed by atoms with E-state index in [1.807, 2.05) is 36.4 Å². The predicted molar refractivity (Wildman–Crippen MR) is 90.5 cm³/mol. The second kappa shape index (κ2) is 5.54. The average Bonchev–Trinajstić information content (AvgIpc) is 2.48. The minimum Gasteiger partial charge on any atom is -0.506 e. The molecule has 0 unspecified atom stereocenters. The SMILES string of the molecule is N=C1C=C(Br)C=C/C1=N/Nc1c(O)ccc2ccccc12. The van der Waals surface area contributed by atoms with E-state index in [1.165, 1.54) is 0 Å². The predicted octanol–water partition coefficient (Wildman–Crippen LogP) is 4.18. The monoisotopic (exact) mass is 341 g/mol. The first-order chi connectivity index (χ1) is 10.1. The maximum Gasteiger partial charge on any atom is 0.141 e. The molecule has 0 amide bonds. The van der Waals surface area contributed by atoms with Crippen molar-refractivity contribution < 1.29 is 5.11 Å². The highest BCUT2D eigenvalue weighted by atomic mass is 79.9. The van der Waals surface area contributed by atoms with Gasteiger partial charge in [0.2, 0.25) is 0 Å². The van der Waals surface area contributed by atoms with Crippen molar-refractivity contribution >= 4 is 43.8 Å². The van der Waals surface area contributed by atoms with Gasteiger partial charge in [0.1, 0.15) is 17.1 Å². The molecule has 0 aliphatic heterocycles. The molecule has 3 N–H and O–H groups in total. The second-order valence-electron chi connectivity index (χ2n) is 4.57. The van der Waals surface area contributed by atoms with Gasteiger partial charge in [0, 0.05) is 9.87 Å². The average molecular weight is 342 g/mol. The molecule has 4 nitrogen and oxygen atoms in total. The number of rotatable bonds is 2. The fraction of sp³-hybridized carbons (Fsp3) is 0. The Bertz CT molecular complexity index is 821. The minimum atomic E-state index is 0.126. The molecule has 0 fully saturated rings. The molecule has 3 rings (SSSR count). The Morgan fingerprint density at radius 1 is 1.10 bits per heavy atom. The Hall–Kier alpha value is -2.40. The lowest BCUT2D eigenvalue weighted by Crippen LogP contribution is -2.12. The van der Waals surface area contributed by atoms with Gasteiger partial charge in [0.05, 0.1) is 5.71 Å². The summed E-state index contributed by atoms with van der Waals surface area (Å²) in [6.07, 6.45) is 5.23. The topological polar surface area (TPSA) is 68.5 Å². The number of hydrogen-bond donors (Lipinski definition) is 3. The first-order valence-electron chi connectivity index (χ1n) is 6.34.